The number of benzene rings is 1. The molecule has 6 unspecified atom stereocenters. The number of aromatic hydroxyl groups is 1. The summed E-state index contributed by atoms with van der Waals surface area (Å²) < 4.78 is 6.22. The number of phenols is 1. The first-order chi connectivity index (χ1) is 14.7. The molecule has 1 aromatic carbocycles. The standard InChI is InChI=1S/C21H18Br2N2O6/c1-31-11-5-9(15(22)16(23)17(11)26)12-6-2-3-7-13(20(29)24-18(7)27)8(6)4-10-14(12)21(30)25-19(10)28/h2,5,7-8,10,12-14,26H,3-4H2,1H3,(H,24,27,29)(H,25,28,30). The summed E-state index contributed by atoms with van der Waals surface area (Å²) in [7, 11) is 1.43. The molecule has 31 heavy (non-hydrogen) atoms. The molecule has 2 aliphatic carbocycles. The van der Waals surface area contributed by atoms with Crippen LogP contribution in [0.25, 0.3) is 0 Å². The van der Waals surface area contributed by atoms with E-state index in [2.05, 4.69) is 42.5 Å². The number of hydrogen-bond donors (Lipinski definition) is 3. The molecule has 2 aliphatic heterocycles. The van der Waals surface area contributed by atoms with E-state index in [4.69, 9.17) is 4.74 Å². The fourth-order valence-corrected chi connectivity index (χ4v) is 6.72. The number of nitrogens with one attached hydrogen (secondary N) is 2. The minimum absolute atomic E-state index is 0.0903. The number of ether oxygens (including phenoxy) is 1. The number of carbonyl (C=O) groups excluding carboxylic acids is 4. The van der Waals surface area contributed by atoms with Crippen LogP contribution in [0, 0.1) is 29.6 Å². The van der Waals surface area contributed by atoms with Gasteiger partial charge in [0.15, 0.2) is 11.5 Å². The van der Waals surface area contributed by atoms with E-state index in [1.54, 1.807) is 6.07 Å². The first-order valence-corrected chi connectivity index (χ1v) is 11.5. The van der Waals surface area contributed by atoms with Crippen LogP contribution in [0.3, 0.4) is 0 Å². The molecule has 1 saturated carbocycles. The molecule has 6 atom stereocenters. The zero-order valence-electron chi connectivity index (χ0n) is 16.3. The van der Waals surface area contributed by atoms with Gasteiger partial charge in [-0.05, 0) is 62.2 Å². The van der Waals surface area contributed by atoms with E-state index >= 15 is 0 Å². The van der Waals surface area contributed by atoms with Gasteiger partial charge in [0.2, 0.25) is 23.6 Å². The number of rotatable bonds is 2. The van der Waals surface area contributed by atoms with Gasteiger partial charge in [-0.1, -0.05) is 11.6 Å². The topological polar surface area (TPSA) is 122 Å². The number of carbonyl (C=O) groups is 4. The van der Waals surface area contributed by atoms with Crippen molar-refractivity contribution in [1.82, 2.24) is 10.6 Å². The highest BCUT2D eigenvalue weighted by Crippen LogP contribution is 2.58. The normalized spacial score (nSPS) is 33.8. The van der Waals surface area contributed by atoms with Gasteiger partial charge in [-0.25, -0.2) is 0 Å². The molecule has 4 amide bonds. The van der Waals surface area contributed by atoms with Gasteiger partial charge in [-0.3, -0.25) is 29.8 Å². The Kier molecular flexibility index (Phi) is 4.78. The Balaban J connectivity index is 1.71. The Morgan fingerprint density at radius 2 is 1.58 bits per heavy atom. The van der Waals surface area contributed by atoms with Crippen molar-refractivity contribution in [2.75, 3.05) is 7.11 Å². The third-order valence-corrected chi connectivity index (χ3v) is 9.22. The largest absolute Gasteiger partial charge is 0.503 e. The van der Waals surface area contributed by atoms with Crippen molar-refractivity contribution in [2.24, 2.45) is 29.6 Å². The smallest absolute Gasteiger partial charge is 0.231 e. The summed E-state index contributed by atoms with van der Waals surface area (Å²) in [5, 5.41) is 15.2. The van der Waals surface area contributed by atoms with Crippen molar-refractivity contribution in [3.05, 3.63) is 32.2 Å². The van der Waals surface area contributed by atoms with Crippen LogP contribution in [0.1, 0.15) is 24.3 Å². The predicted molar refractivity (Wildman–Crippen MR) is 114 cm³/mol. The highest BCUT2D eigenvalue weighted by Gasteiger charge is 2.59. The van der Waals surface area contributed by atoms with E-state index in [0.29, 0.717) is 27.4 Å². The predicted octanol–water partition coefficient (Wildman–Crippen LogP) is 2.14. The van der Waals surface area contributed by atoms with Crippen molar-refractivity contribution in [3.8, 4) is 11.5 Å². The van der Waals surface area contributed by atoms with E-state index in [9.17, 15) is 24.3 Å². The van der Waals surface area contributed by atoms with Crippen LogP contribution in [0.4, 0.5) is 0 Å². The molecule has 2 heterocycles. The van der Waals surface area contributed by atoms with E-state index in [1.807, 2.05) is 6.08 Å². The molecule has 8 nitrogen and oxygen atoms in total. The summed E-state index contributed by atoms with van der Waals surface area (Å²) in [4.78, 5) is 50.4. The average Bonchev–Trinajstić information content (AvgIpc) is 3.20. The van der Waals surface area contributed by atoms with Crippen LogP contribution in [-0.2, 0) is 19.2 Å². The van der Waals surface area contributed by atoms with Gasteiger partial charge >= 0.3 is 0 Å². The van der Waals surface area contributed by atoms with Crippen LogP contribution in [-0.4, -0.2) is 35.8 Å². The maximum absolute atomic E-state index is 12.8. The monoisotopic (exact) mass is 552 g/mol. The van der Waals surface area contributed by atoms with Gasteiger partial charge in [-0.2, -0.15) is 0 Å². The summed E-state index contributed by atoms with van der Waals surface area (Å²) in [6, 6.07) is 1.65. The molecule has 2 saturated heterocycles. The van der Waals surface area contributed by atoms with Crippen LogP contribution in [0.5, 0.6) is 11.5 Å². The second kappa shape index (κ2) is 7.16. The van der Waals surface area contributed by atoms with E-state index in [-0.39, 0.29) is 41.0 Å². The third kappa shape index (κ3) is 2.83. The van der Waals surface area contributed by atoms with Gasteiger partial charge in [-0.15, -0.1) is 0 Å². The second-order valence-corrected chi connectivity index (χ2v) is 9.96. The molecular formula is C21H18Br2N2O6. The molecular weight excluding hydrogens is 536 g/mol. The highest BCUT2D eigenvalue weighted by molar-refractivity contribution is 9.13. The molecule has 1 aromatic rings. The summed E-state index contributed by atoms with van der Waals surface area (Å²) in [6.45, 7) is 0. The fourth-order valence-electron chi connectivity index (χ4n) is 5.75. The van der Waals surface area contributed by atoms with Crippen molar-refractivity contribution < 1.29 is 29.0 Å². The Labute approximate surface area is 194 Å². The summed E-state index contributed by atoms with van der Waals surface area (Å²) in [6.07, 6.45) is 2.67. The maximum Gasteiger partial charge on any atom is 0.231 e. The zero-order chi connectivity index (χ0) is 22.2. The third-order valence-electron chi connectivity index (χ3n) is 7.06. The van der Waals surface area contributed by atoms with Gasteiger partial charge in [0.25, 0.3) is 0 Å². The lowest BCUT2D eigenvalue weighted by Crippen LogP contribution is -2.43. The Bertz CT molecular complexity index is 1100. The van der Waals surface area contributed by atoms with Gasteiger partial charge < -0.3 is 9.84 Å². The highest BCUT2D eigenvalue weighted by atomic mass is 79.9. The molecule has 4 aliphatic rings. The summed E-state index contributed by atoms with van der Waals surface area (Å²) in [5.74, 6) is -4.31. The molecule has 3 fully saturated rings. The zero-order valence-corrected chi connectivity index (χ0v) is 19.4. The van der Waals surface area contributed by atoms with Crippen LogP contribution in [0.15, 0.2) is 26.7 Å². The van der Waals surface area contributed by atoms with Crippen LogP contribution < -0.4 is 15.4 Å². The van der Waals surface area contributed by atoms with Gasteiger partial charge in [0, 0.05) is 10.4 Å². The lowest BCUT2D eigenvalue weighted by molar-refractivity contribution is -0.128. The Morgan fingerprint density at radius 3 is 2.26 bits per heavy atom. The van der Waals surface area contributed by atoms with E-state index in [0.717, 1.165) is 5.57 Å². The quantitative estimate of drug-likeness (QED) is 0.381. The van der Waals surface area contributed by atoms with E-state index in [1.165, 1.54) is 7.11 Å². The Hall–Kier alpha value is -2.20. The molecule has 0 spiro atoms. The fraction of sp³-hybridized carbons (Fsp3) is 0.429. The van der Waals surface area contributed by atoms with Crippen molar-refractivity contribution >= 4 is 55.5 Å². The number of hydrogen-bond acceptors (Lipinski definition) is 6. The number of methoxy groups -OCH3 is 1. The molecule has 10 heteroatoms. The number of halogens is 2. The molecule has 3 N–H and O–H groups in total. The number of amides is 4. The van der Waals surface area contributed by atoms with E-state index < -0.39 is 29.6 Å². The number of fused-ring (bicyclic) bond motifs is 4. The lowest BCUT2D eigenvalue weighted by atomic mass is 9.57. The maximum atomic E-state index is 12.8. The summed E-state index contributed by atoms with van der Waals surface area (Å²) >= 11 is 6.88. The SMILES string of the molecule is COc1cc(C2C3=CCC4C(=O)NC(=O)C4C3CC3C(=O)NC(=O)C32)c(Br)c(Br)c1O. The molecule has 0 radical (unpaired) electrons. The van der Waals surface area contributed by atoms with Gasteiger partial charge in [0.1, 0.15) is 0 Å². The average molecular weight is 554 g/mol. The molecule has 5 rings (SSSR count). The number of imide groups is 2. The molecule has 0 aromatic heterocycles. The van der Waals surface area contributed by atoms with Crippen molar-refractivity contribution in [1.29, 1.82) is 0 Å². The lowest BCUT2D eigenvalue weighted by Gasteiger charge is -2.44. The van der Waals surface area contributed by atoms with Crippen LogP contribution >= 0.6 is 31.9 Å². The van der Waals surface area contributed by atoms with Crippen LogP contribution in [0.2, 0.25) is 0 Å². The number of phenolic OH excluding ortho intramolecular Hbond substituents is 1. The second-order valence-electron chi connectivity index (χ2n) is 8.38. The van der Waals surface area contributed by atoms with Crippen molar-refractivity contribution in [3.63, 3.8) is 0 Å². The first kappa shape index (κ1) is 20.7. The Morgan fingerprint density at radius 1 is 0.935 bits per heavy atom. The molecule has 0 bridgehead atoms. The minimum atomic E-state index is -0.649. The minimum Gasteiger partial charge on any atom is -0.503 e. The first-order valence-electron chi connectivity index (χ1n) is 9.88. The number of allylic oxidation sites excluding steroid dienone is 2. The summed E-state index contributed by atoms with van der Waals surface area (Å²) in [5.41, 5.74) is 1.54. The van der Waals surface area contributed by atoms with Crippen molar-refractivity contribution in [2.45, 2.75) is 18.8 Å². The molecule has 162 valence electrons. The van der Waals surface area contributed by atoms with Gasteiger partial charge in [0.05, 0.1) is 35.3 Å².